The van der Waals surface area contributed by atoms with E-state index in [2.05, 4.69) is 18.7 Å². The Morgan fingerprint density at radius 2 is 1.78 bits per heavy atom. The van der Waals surface area contributed by atoms with E-state index in [1.54, 1.807) is 11.8 Å². The molecule has 1 aromatic rings. The summed E-state index contributed by atoms with van der Waals surface area (Å²) in [7, 11) is 0. The van der Waals surface area contributed by atoms with Crippen molar-refractivity contribution in [2.75, 3.05) is 42.6 Å². The fraction of sp³-hybridized carbons (Fsp3) is 0.536. The first-order valence-electron chi connectivity index (χ1n) is 13.0. The van der Waals surface area contributed by atoms with Gasteiger partial charge < -0.3 is 24.5 Å². The van der Waals surface area contributed by atoms with E-state index in [-0.39, 0.29) is 25.0 Å². The molecule has 4 aliphatic rings. The second-order valence-electron chi connectivity index (χ2n) is 10.3. The Morgan fingerprint density at radius 1 is 1.08 bits per heavy atom. The number of benzene rings is 1. The molecule has 1 unspecified atom stereocenters. The summed E-state index contributed by atoms with van der Waals surface area (Å²) in [5.74, 6) is -2.39. The maximum atomic E-state index is 14.4. The number of hydrogen-bond donors (Lipinski definition) is 1. The molecule has 6 atom stereocenters. The summed E-state index contributed by atoms with van der Waals surface area (Å²) in [4.78, 5) is 47.1. The minimum Gasteiger partial charge on any atom is -0.461 e. The Hall–Kier alpha value is -2.78. The molecule has 9 heteroatoms. The number of likely N-dealkylation sites (tertiary alicyclic amines) is 1. The summed E-state index contributed by atoms with van der Waals surface area (Å²) >= 11 is 1.51. The van der Waals surface area contributed by atoms with Crippen molar-refractivity contribution < 1.29 is 24.2 Å². The molecule has 8 nitrogen and oxygen atoms in total. The zero-order chi connectivity index (χ0) is 26.5. The van der Waals surface area contributed by atoms with Crippen LogP contribution in [-0.2, 0) is 19.1 Å². The van der Waals surface area contributed by atoms with E-state index in [1.165, 1.54) is 16.7 Å². The minimum absolute atomic E-state index is 0.172. The van der Waals surface area contributed by atoms with E-state index in [0.717, 1.165) is 24.5 Å². The second kappa shape index (κ2) is 9.51. The molecule has 1 N–H and O–H groups in total. The maximum absolute atomic E-state index is 14.4. The van der Waals surface area contributed by atoms with Crippen LogP contribution in [0.4, 0.5) is 11.4 Å². The number of thioether (sulfide) groups is 1. The van der Waals surface area contributed by atoms with E-state index < -0.39 is 39.4 Å². The lowest BCUT2D eigenvalue weighted by molar-refractivity contribution is -0.153. The molecule has 0 bridgehead atoms. The van der Waals surface area contributed by atoms with Crippen LogP contribution in [0.2, 0.25) is 0 Å². The molecule has 0 aromatic heterocycles. The minimum atomic E-state index is -0.951. The molecule has 4 heterocycles. The molecule has 0 radical (unpaired) electrons. The summed E-state index contributed by atoms with van der Waals surface area (Å²) in [5, 5.41) is 10.1. The zero-order valence-corrected chi connectivity index (χ0v) is 22.6. The van der Waals surface area contributed by atoms with Gasteiger partial charge in [0, 0.05) is 35.8 Å². The molecule has 1 spiro atoms. The first-order chi connectivity index (χ1) is 17.7. The smallest absolute Gasteiger partial charge is 0.311 e. The van der Waals surface area contributed by atoms with Crippen molar-refractivity contribution in [2.24, 2.45) is 11.8 Å². The van der Waals surface area contributed by atoms with Crippen LogP contribution in [0.15, 0.2) is 48.6 Å². The van der Waals surface area contributed by atoms with Crippen molar-refractivity contribution in [2.45, 2.75) is 49.3 Å². The van der Waals surface area contributed by atoms with Crippen LogP contribution in [0.1, 0.15) is 27.7 Å². The number of fused-ring (bicyclic) bond motifs is 2. The number of ether oxygens (including phenoxy) is 1. The van der Waals surface area contributed by atoms with Crippen LogP contribution in [0, 0.1) is 11.8 Å². The Morgan fingerprint density at radius 3 is 2.43 bits per heavy atom. The molecular formula is C28H35N3O5S. The monoisotopic (exact) mass is 525 g/mol. The number of carbonyl (C=O) groups excluding carboxylic acids is 3. The lowest BCUT2D eigenvalue weighted by Crippen LogP contribution is -2.56. The quantitative estimate of drug-likeness (QED) is 0.451. The van der Waals surface area contributed by atoms with Crippen LogP contribution in [0.25, 0.3) is 0 Å². The van der Waals surface area contributed by atoms with Gasteiger partial charge in [-0.05, 0) is 58.0 Å². The largest absolute Gasteiger partial charge is 0.461 e. The summed E-state index contributed by atoms with van der Waals surface area (Å²) in [5.41, 5.74) is 1.83. The van der Waals surface area contributed by atoms with Gasteiger partial charge in [-0.2, -0.15) is 0 Å². The number of cyclic esters (lactones) is 1. The Labute approximate surface area is 222 Å². The first kappa shape index (κ1) is 25.9. The highest BCUT2D eigenvalue weighted by Crippen LogP contribution is 2.65. The molecular weight excluding hydrogens is 490 g/mol. The van der Waals surface area contributed by atoms with E-state index in [9.17, 15) is 19.5 Å². The van der Waals surface area contributed by atoms with Gasteiger partial charge in [-0.25, -0.2) is 0 Å². The molecule has 198 valence electrons. The summed E-state index contributed by atoms with van der Waals surface area (Å²) in [6.45, 7) is 9.93. The average Bonchev–Trinajstić information content (AvgIpc) is 3.16. The molecule has 5 rings (SSSR count). The van der Waals surface area contributed by atoms with Gasteiger partial charge in [0.15, 0.2) is 0 Å². The molecule has 2 saturated heterocycles. The molecule has 2 fully saturated rings. The first-order valence-corrected chi connectivity index (χ1v) is 13.9. The van der Waals surface area contributed by atoms with Crippen molar-refractivity contribution in [3.8, 4) is 0 Å². The maximum Gasteiger partial charge on any atom is 0.311 e. The van der Waals surface area contributed by atoms with Gasteiger partial charge in [-0.1, -0.05) is 18.2 Å². The standard InChI is InChI=1S/C28H35N3O5S/c1-5-29(6-2)19-9-11-20(12-10-19)30-15-7-14-28-21(22-26(35)36-16-8-13-27(22,4)37-28)24(33)31(18(3)17-32)23(28)25(30)34/h7-14,18,21-23,32H,5-6,15-17H2,1-4H3/t18-,21+,22+,23?,27-,28+/m1/s1. The molecule has 2 amide bonds. The van der Waals surface area contributed by atoms with Crippen LogP contribution in [0.5, 0.6) is 0 Å². The molecule has 1 aromatic carbocycles. The number of aliphatic hydroxyl groups is 1. The number of rotatable bonds is 6. The van der Waals surface area contributed by atoms with Crippen molar-refractivity contribution in [1.82, 2.24) is 4.90 Å². The highest BCUT2D eigenvalue weighted by molar-refractivity contribution is 8.02. The second-order valence-corrected chi connectivity index (χ2v) is 12.1. The van der Waals surface area contributed by atoms with Gasteiger partial charge in [0.25, 0.3) is 5.91 Å². The molecule has 4 aliphatic heterocycles. The van der Waals surface area contributed by atoms with Crippen LogP contribution in [0.3, 0.4) is 0 Å². The van der Waals surface area contributed by atoms with E-state index in [4.69, 9.17) is 4.74 Å². The number of amides is 2. The predicted octanol–water partition coefficient (Wildman–Crippen LogP) is 2.62. The third-order valence-corrected chi connectivity index (χ3v) is 10.1. The highest BCUT2D eigenvalue weighted by atomic mass is 32.2. The lowest BCUT2D eigenvalue weighted by atomic mass is 9.75. The van der Waals surface area contributed by atoms with E-state index in [1.807, 2.05) is 55.5 Å². The Bertz CT molecular complexity index is 1150. The van der Waals surface area contributed by atoms with Crippen molar-refractivity contribution in [3.63, 3.8) is 0 Å². The normalized spacial score (nSPS) is 33.4. The number of carbonyl (C=O) groups is 3. The van der Waals surface area contributed by atoms with Gasteiger partial charge in [-0.3, -0.25) is 14.4 Å². The Kier molecular flexibility index (Phi) is 6.64. The predicted molar refractivity (Wildman–Crippen MR) is 144 cm³/mol. The van der Waals surface area contributed by atoms with Crippen molar-refractivity contribution in [3.05, 3.63) is 48.6 Å². The van der Waals surface area contributed by atoms with Gasteiger partial charge >= 0.3 is 5.97 Å². The van der Waals surface area contributed by atoms with E-state index >= 15 is 0 Å². The zero-order valence-electron chi connectivity index (χ0n) is 21.8. The fourth-order valence-electron chi connectivity index (χ4n) is 6.52. The number of anilines is 2. The van der Waals surface area contributed by atoms with Gasteiger partial charge in [0.05, 0.1) is 29.2 Å². The molecule has 0 aliphatic carbocycles. The summed E-state index contributed by atoms with van der Waals surface area (Å²) in [6, 6.07) is 6.48. The third-order valence-electron chi connectivity index (χ3n) is 8.28. The summed E-state index contributed by atoms with van der Waals surface area (Å²) < 4.78 is 3.81. The third kappa shape index (κ3) is 3.81. The summed E-state index contributed by atoms with van der Waals surface area (Å²) in [6.07, 6.45) is 7.69. The SMILES string of the molecule is CCN(CC)c1ccc(N2CC=C[C@]34S[C@]5(C)C=CCOC(=O)[C@@H]5[C@H]3C(=O)N([C@H](C)CO)C4C2=O)cc1. The number of hydrogen-bond acceptors (Lipinski definition) is 7. The van der Waals surface area contributed by atoms with Crippen LogP contribution in [-0.4, -0.2) is 82.2 Å². The van der Waals surface area contributed by atoms with Gasteiger partial charge in [0.2, 0.25) is 5.91 Å². The molecule has 37 heavy (non-hydrogen) atoms. The Balaban J connectivity index is 1.59. The highest BCUT2D eigenvalue weighted by Gasteiger charge is 2.74. The van der Waals surface area contributed by atoms with Gasteiger partial charge in [-0.15, -0.1) is 11.8 Å². The van der Waals surface area contributed by atoms with Crippen molar-refractivity contribution in [1.29, 1.82) is 0 Å². The number of nitrogens with zero attached hydrogens (tertiary/aromatic N) is 3. The lowest BCUT2D eigenvalue weighted by Gasteiger charge is -2.38. The number of aliphatic hydroxyl groups excluding tert-OH is 1. The topological polar surface area (TPSA) is 90.4 Å². The van der Waals surface area contributed by atoms with Crippen molar-refractivity contribution >= 4 is 40.9 Å². The van der Waals surface area contributed by atoms with E-state index in [0.29, 0.717) is 6.54 Å². The molecule has 0 saturated carbocycles. The van der Waals surface area contributed by atoms with Gasteiger partial charge in [0.1, 0.15) is 12.6 Å². The average molecular weight is 526 g/mol. The fourth-order valence-corrected chi connectivity index (χ4v) is 8.66. The van der Waals surface area contributed by atoms with Crippen LogP contribution >= 0.6 is 11.8 Å². The van der Waals surface area contributed by atoms with Crippen LogP contribution < -0.4 is 9.80 Å². The number of esters is 1.